The van der Waals surface area contributed by atoms with Gasteiger partial charge in [0.05, 0.1) is 10.7 Å². The van der Waals surface area contributed by atoms with Crippen molar-refractivity contribution in [3.8, 4) is 11.3 Å². The second kappa shape index (κ2) is 5.76. The van der Waals surface area contributed by atoms with E-state index in [9.17, 15) is 0 Å². The number of nitrogens with zero attached hydrogens (tertiary/aromatic N) is 1. The van der Waals surface area contributed by atoms with E-state index in [1.165, 1.54) is 0 Å². The minimum Gasteiger partial charge on any atom is -0.330 e. The zero-order chi connectivity index (χ0) is 12.3. The predicted molar refractivity (Wildman–Crippen MR) is 77.3 cm³/mol. The monoisotopic (exact) mass is 310 g/mol. The quantitative estimate of drug-likeness (QED) is 0.926. The highest BCUT2D eigenvalue weighted by Crippen LogP contribution is 2.31. The summed E-state index contributed by atoms with van der Waals surface area (Å²) in [6, 6.07) is 8.15. The molecule has 2 aromatic rings. The topological polar surface area (TPSA) is 38.9 Å². The van der Waals surface area contributed by atoms with Gasteiger partial charge in [0, 0.05) is 27.9 Å². The highest BCUT2D eigenvalue weighted by atomic mass is 79.9. The second-order valence-corrected chi connectivity index (χ2v) is 5.64. The molecular formula is C13H15BrN2S. The number of thiazole rings is 1. The number of halogens is 1. The van der Waals surface area contributed by atoms with Crippen molar-refractivity contribution in [2.75, 3.05) is 6.54 Å². The van der Waals surface area contributed by atoms with Crippen LogP contribution in [0.1, 0.15) is 24.3 Å². The van der Waals surface area contributed by atoms with Crippen LogP contribution < -0.4 is 5.73 Å². The molecule has 2 rings (SSSR count). The molecule has 1 heterocycles. The molecule has 0 radical (unpaired) electrons. The molecule has 2 nitrogen and oxygen atoms in total. The fourth-order valence-corrected chi connectivity index (χ4v) is 3.22. The average molecular weight is 311 g/mol. The number of hydrogen-bond donors (Lipinski definition) is 1. The minimum absolute atomic E-state index is 0.385. The Morgan fingerprint density at radius 2 is 2.18 bits per heavy atom. The number of aromatic nitrogens is 1. The van der Waals surface area contributed by atoms with E-state index in [-0.39, 0.29) is 0 Å². The summed E-state index contributed by atoms with van der Waals surface area (Å²) in [5, 5.41) is 3.24. The Hall–Kier alpha value is -0.710. The van der Waals surface area contributed by atoms with Crippen LogP contribution in [0.2, 0.25) is 0 Å². The lowest BCUT2D eigenvalue weighted by atomic mass is 10.1. The van der Waals surface area contributed by atoms with E-state index < -0.39 is 0 Å². The molecule has 4 heteroatoms. The zero-order valence-electron chi connectivity index (χ0n) is 9.69. The van der Waals surface area contributed by atoms with Crippen LogP contribution in [0.3, 0.4) is 0 Å². The fourth-order valence-electron chi connectivity index (χ4n) is 1.71. The summed E-state index contributed by atoms with van der Waals surface area (Å²) in [5.41, 5.74) is 7.92. The molecule has 1 aromatic carbocycles. The lowest BCUT2D eigenvalue weighted by Gasteiger charge is -2.07. The molecule has 1 atom stereocenters. The number of benzene rings is 1. The van der Waals surface area contributed by atoms with Gasteiger partial charge in [-0.15, -0.1) is 11.3 Å². The Bertz CT molecular complexity index is 492. The summed E-state index contributed by atoms with van der Waals surface area (Å²) in [5.74, 6) is 0.385. The normalized spacial score (nSPS) is 12.6. The maximum atomic E-state index is 5.75. The SMILES string of the molecule is CCC(CN)c1nc(-c2ccccc2Br)cs1. The van der Waals surface area contributed by atoms with Gasteiger partial charge in [0.1, 0.15) is 0 Å². The second-order valence-electron chi connectivity index (χ2n) is 3.89. The lowest BCUT2D eigenvalue weighted by molar-refractivity contribution is 0.670. The molecular weight excluding hydrogens is 296 g/mol. The molecule has 0 saturated heterocycles. The summed E-state index contributed by atoms with van der Waals surface area (Å²) in [6.45, 7) is 2.82. The molecule has 0 aliphatic rings. The molecule has 2 N–H and O–H groups in total. The standard InChI is InChI=1S/C13H15BrN2S/c1-2-9(7-15)13-16-12(8-17-13)10-5-3-4-6-11(10)14/h3-6,8-9H,2,7,15H2,1H3. The van der Waals surface area contributed by atoms with Crippen molar-refractivity contribution < 1.29 is 0 Å². The third-order valence-corrected chi connectivity index (χ3v) is 4.50. The van der Waals surface area contributed by atoms with Crippen LogP contribution in [-0.2, 0) is 0 Å². The van der Waals surface area contributed by atoms with Gasteiger partial charge in [-0.1, -0.05) is 41.1 Å². The summed E-state index contributed by atoms with van der Waals surface area (Å²) in [4.78, 5) is 4.69. The summed E-state index contributed by atoms with van der Waals surface area (Å²) < 4.78 is 1.08. The molecule has 0 bridgehead atoms. The molecule has 0 spiro atoms. The minimum atomic E-state index is 0.385. The molecule has 0 amide bonds. The van der Waals surface area contributed by atoms with Crippen LogP contribution in [0.25, 0.3) is 11.3 Å². The summed E-state index contributed by atoms with van der Waals surface area (Å²) >= 11 is 5.25. The maximum absolute atomic E-state index is 5.75. The van der Waals surface area contributed by atoms with E-state index in [0.717, 1.165) is 27.2 Å². The first-order valence-corrected chi connectivity index (χ1v) is 7.34. The Balaban J connectivity index is 2.33. The van der Waals surface area contributed by atoms with Gasteiger partial charge in [-0.25, -0.2) is 4.98 Å². The fraction of sp³-hybridized carbons (Fsp3) is 0.308. The van der Waals surface area contributed by atoms with Gasteiger partial charge in [0.25, 0.3) is 0 Å². The van der Waals surface area contributed by atoms with Crippen LogP contribution >= 0.6 is 27.3 Å². The van der Waals surface area contributed by atoms with E-state index >= 15 is 0 Å². The molecule has 0 aliphatic heterocycles. The van der Waals surface area contributed by atoms with Gasteiger partial charge in [0.2, 0.25) is 0 Å². The lowest BCUT2D eigenvalue weighted by Crippen LogP contribution is -2.11. The predicted octanol–water partition coefficient (Wildman–Crippen LogP) is 4.02. The van der Waals surface area contributed by atoms with Crippen molar-refractivity contribution in [1.29, 1.82) is 0 Å². The molecule has 90 valence electrons. The molecule has 0 aliphatic carbocycles. The Labute approximate surface area is 114 Å². The zero-order valence-corrected chi connectivity index (χ0v) is 12.1. The number of hydrogen-bond acceptors (Lipinski definition) is 3. The van der Waals surface area contributed by atoms with Gasteiger partial charge >= 0.3 is 0 Å². The van der Waals surface area contributed by atoms with Crippen LogP contribution in [0.4, 0.5) is 0 Å². The van der Waals surface area contributed by atoms with Crippen molar-refractivity contribution in [1.82, 2.24) is 4.98 Å². The Morgan fingerprint density at radius 3 is 2.82 bits per heavy atom. The third kappa shape index (κ3) is 2.76. The van der Waals surface area contributed by atoms with E-state index in [1.54, 1.807) is 11.3 Å². The Morgan fingerprint density at radius 1 is 1.41 bits per heavy atom. The molecule has 1 unspecified atom stereocenters. The molecule has 17 heavy (non-hydrogen) atoms. The first-order chi connectivity index (χ1) is 8.26. The van der Waals surface area contributed by atoms with Crippen LogP contribution in [0, 0.1) is 0 Å². The van der Waals surface area contributed by atoms with Crippen molar-refractivity contribution >= 4 is 27.3 Å². The highest BCUT2D eigenvalue weighted by molar-refractivity contribution is 9.10. The average Bonchev–Trinajstić information content (AvgIpc) is 2.81. The first kappa shape index (κ1) is 12.7. The van der Waals surface area contributed by atoms with Crippen molar-refractivity contribution in [2.24, 2.45) is 5.73 Å². The van der Waals surface area contributed by atoms with Gasteiger partial charge < -0.3 is 5.73 Å². The summed E-state index contributed by atoms with van der Waals surface area (Å²) in [7, 11) is 0. The van der Waals surface area contributed by atoms with Crippen LogP contribution in [0.5, 0.6) is 0 Å². The Kier molecular flexibility index (Phi) is 4.31. The van der Waals surface area contributed by atoms with Crippen molar-refractivity contribution in [2.45, 2.75) is 19.3 Å². The smallest absolute Gasteiger partial charge is 0.0976 e. The van der Waals surface area contributed by atoms with E-state index in [2.05, 4.69) is 34.3 Å². The van der Waals surface area contributed by atoms with Gasteiger partial charge in [-0.3, -0.25) is 0 Å². The summed E-state index contributed by atoms with van der Waals surface area (Å²) in [6.07, 6.45) is 1.04. The third-order valence-electron chi connectivity index (χ3n) is 2.80. The van der Waals surface area contributed by atoms with Crippen molar-refractivity contribution in [3.05, 3.63) is 39.1 Å². The van der Waals surface area contributed by atoms with Gasteiger partial charge in [-0.05, 0) is 12.5 Å². The molecule has 1 aromatic heterocycles. The largest absolute Gasteiger partial charge is 0.330 e. The number of nitrogens with two attached hydrogens (primary N) is 1. The van der Waals surface area contributed by atoms with Crippen LogP contribution in [-0.4, -0.2) is 11.5 Å². The van der Waals surface area contributed by atoms with Crippen molar-refractivity contribution in [3.63, 3.8) is 0 Å². The molecule has 0 saturated carbocycles. The first-order valence-electron chi connectivity index (χ1n) is 5.66. The van der Waals surface area contributed by atoms with Gasteiger partial charge in [-0.2, -0.15) is 0 Å². The van der Waals surface area contributed by atoms with E-state index in [4.69, 9.17) is 10.7 Å². The van der Waals surface area contributed by atoms with Gasteiger partial charge in [0.15, 0.2) is 0 Å². The highest BCUT2D eigenvalue weighted by Gasteiger charge is 2.13. The van der Waals surface area contributed by atoms with E-state index in [0.29, 0.717) is 12.5 Å². The molecule has 0 fully saturated rings. The van der Waals surface area contributed by atoms with E-state index in [1.807, 2.05) is 18.2 Å². The number of rotatable bonds is 4. The van der Waals surface area contributed by atoms with Crippen LogP contribution in [0.15, 0.2) is 34.1 Å². The maximum Gasteiger partial charge on any atom is 0.0976 e.